The van der Waals surface area contributed by atoms with Crippen molar-refractivity contribution in [3.8, 4) is 0 Å². The average molecular weight is 586 g/mol. The van der Waals surface area contributed by atoms with E-state index in [0.717, 1.165) is 39.0 Å². The van der Waals surface area contributed by atoms with E-state index in [1.165, 1.54) is 44.8 Å². The van der Waals surface area contributed by atoms with Gasteiger partial charge in [-0.3, -0.25) is 0 Å². The maximum absolute atomic E-state index is 3.60. The molecule has 0 fully saturated rings. The van der Waals surface area contributed by atoms with Gasteiger partial charge >= 0.3 is 16.8 Å². The molecule has 0 aromatic heterocycles. The fourth-order valence-electron chi connectivity index (χ4n) is 3.90. The summed E-state index contributed by atoms with van der Waals surface area (Å²) in [5, 5.41) is 10.7. The summed E-state index contributed by atoms with van der Waals surface area (Å²) >= 11 is 0. The number of benzene rings is 2. The second kappa shape index (κ2) is 16.1. The summed E-state index contributed by atoms with van der Waals surface area (Å²) in [7, 11) is 0. The van der Waals surface area contributed by atoms with E-state index in [1.54, 1.807) is 0 Å². The van der Waals surface area contributed by atoms with Crippen molar-refractivity contribution in [2.24, 2.45) is 0 Å². The zero-order chi connectivity index (χ0) is 19.8. The van der Waals surface area contributed by atoms with E-state index in [9.17, 15) is 0 Å². The summed E-state index contributed by atoms with van der Waals surface area (Å²) in [6.45, 7) is 17.2. The first-order valence-electron chi connectivity index (χ1n) is 10.2. The minimum atomic E-state index is 0. The molecule has 2 aromatic carbocycles. The Morgan fingerprint density at radius 1 is 0.533 bits per heavy atom. The topological polar surface area (TPSA) is 36.1 Å². The van der Waals surface area contributed by atoms with Crippen molar-refractivity contribution in [3.05, 3.63) is 57.6 Å². The van der Waals surface area contributed by atoms with Crippen LogP contribution in [-0.4, -0.2) is 26.2 Å². The first kappa shape index (κ1) is 31.7. The van der Waals surface area contributed by atoms with E-state index < -0.39 is 0 Å². The summed E-state index contributed by atoms with van der Waals surface area (Å²) in [6.07, 6.45) is 2.27. The number of hydrogen-bond donors (Lipinski definition) is 3. The van der Waals surface area contributed by atoms with Gasteiger partial charge in [0.25, 0.3) is 0 Å². The molecule has 3 N–H and O–H groups in total. The van der Waals surface area contributed by atoms with Gasteiger partial charge in [0.2, 0.25) is 0 Å². The van der Waals surface area contributed by atoms with E-state index in [2.05, 4.69) is 81.8 Å². The van der Waals surface area contributed by atoms with Crippen molar-refractivity contribution in [1.82, 2.24) is 5.32 Å². The number of anilines is 2. The molecule has 0 aliphatic rings. The van der Waals surface area contributed by atoms with E-state index in [1.807, 2.05) is 0 Å². The van der Waals surface area contributed by atoms with Crippen LogP contribution in [0.25, 0.3) is 0 Å². The van der Waals surface area contributed by atoms with E-state index in [4.69, 9.17) is 0 Å². The molecule has 0 heterocycles. The van der Waals surface area contributed by atoms with Gasteiger partial charge in [0.15, 0.2) is 0 Å². The third-order valence-corrected chi connectivity index (χ3v) is 5.02. The molecule has 0 spiro atoms. The van der Waals surface area contributed by atoms with Crippen LogP contribution in [0.5, 0.6) is 0 Å². The molecule has 2 rings (SSSR count). The molecule has 0 unspecified atom stereocenters. The van der Waals surface area contributed by atoms with Crippen molar-refractivity contribution in [2.45, 2.75) is 54.4 Å². The SMILES string of the molecule is Cc1cc(C)c(NCCCNCCCNc2c(C)cc(C)cc2C)c(C)c1.[Br-].[Br-].[Co+2]. The summed E-state index contributed by atoms with van der Waals surface area (Å²) < 4.78 is 0. The molecule has 3 nitrogen and oxygen atoms in total. The first-order valence-corrected chi connectivity index (χ1v) is 10.2. The Morgan fingerprint density at radius 3 is 1.13 bits per heavy atom. The van der Waals surface area contributed by atoms with Crippen molar-refractivity contribution >= 4 is 11.4 Å². The Labute approximate surface area is 215 Å². The van der Waals surface area contributed by atoms with Crippen LogP contribution in [-0.2, 0) is 16.8 Å². The number of hydrogen-bond acceptors (Lipinski definition) is 3. The number of nitrogens with one attached hydrogen (secondary N) is 3. The Kier molecular flexibility index (Phi) is 17.0. The largest absolute Gasteiger partial charge is 2.00 e. The van der Waals surface area contributed by atoms with Crippen molar-refractivity contribution in [2.75, 3.05) is 36.8 Å². The Balaban J connectivity index is 0. The Morgan fingerprint density at radius 2 is 0.833 bits per heavy atom. The molecular formula is C24H37Br2CoN3. The molecular weight excluding hydrogens is 549 g/mol. The monoisotopic (exact) mass is 584 g/mol. The van der Waals surface area contributed by atoms with E-state index in [-0.39, 0.29) is 50.7 Å². The van der Waals surface area contributed by atoms with Crippen LogP contribution in [0.3, 0.4) is 0 Å². The van der Waals surface area contributed by atoms with Gasteiger partial charge in [0.1, 0.15) is 0 Å². The van der Waals surface area contributed by atoms with Crippen LogP contribution in [0.4, 0.5) is 11.4 Å². The zero-order valence-corrected chi connectivity index (χ0v) is 23.4. The molecule has 0 bridgehead atoms. The van der Waals surface area contributed by atoms with Crippen molar-refractivity contribution in [3.63, 3.8) is 0 Å². The van der Waals surface area contributed by atoms with Crippen molar-refractivity contribution in [1.29, 1.82) is 0 Å². The smallest absolute Gasteiger partial charge is 1.00 e. The average Bonchev–Trinajstić information content (AvgIpc) is 2.56. The Bertz CT molecular complexity index is 657. The summed E-state index contributed by atoms with van der Waals surface area (Å²) in [6, 6.07) is 8.99. The molecule has 2 aromatic rings. The molecule has 6 heteroatoms. The first-order chi connectivity index (χ1) is 12.9. The van der Waals surface area contributed by atoms with Gasteiger partial charge < -0.3 is 49.9 Å². The predicted octanol–water partition coefficient (Wildman–Crippen LogP) is -0.564. The van der Waals surface area contributed by atoms with E-state index >= 15 is 0 Å². The summed E-state index contributed by atoms with van der Waals surface area (Å²) in [5.74, 6) is 0. The molecule has 0 amide bonds. The quantitative estimate of drug-likeness (QED) is 0.327. The maximum atomic E-state index is 3.60. The minimum absolute atomic E-state index is 0. The minimum Gasteiger partial charge on any atom is -1.00 e. The van der Waals surface area contributed by atoms with Gasteiger partial charge in [-0.05, 0) is 89.7 Å². The van der Waals surface area contributed by atoms with Gasteiger partial charge in [-0.25, -0.2) is 0 Å². The van der Waals surface area contributed by atoms with Crippen LogP contribution in [0.1, 0.15) is 46.2 Å². The molecule has 30 heavy (non-hydrogen) atoms. The van der Waals surface area contributed by atoms with Crippen LogP contribution in [0, 0.1) is 41.5 Å². The molecule has 0 saturated heterocycles. The van der Waals surface area contributed by atoms with Crippen LogP contribution in [0.15, 0.2) is 24.3 Å². The third-order valence-electron chi connectivity index (χ3n) is 5.02. The summed E-state index contributed by atoms with van der Waals surface area (Å²) in [5.41, 5.74) is 10.6. The second-order valence-electron chi connectivity index (χ2n) is 7.86. The number of halogens is 2. The molecule has 0 aliphatic heterocycles. The van der Waals surface area contributed by atoms with Gasteiger partial charge in [-0.2, -0.15) is 0 Å². The third kappa shape index (κ3) is 10.2. The van der Waals surface area contributed by atoms with Gasteiger partial charge in [-0.15, -0.1) is 0 Å². The molecule has 1 radical (unpaired) electrons. The number of rotatable bonds is 10. The fourth-order valence-corrected chi connectivity index (χ4v) is 3.90. The van der Waals surface area contributed by atoms with Crippen LogP contribution in [0.2, 0.25) is 0 Å². The normalized spacial score (nSPS) is 9.80. The standard InChI is InChI=1S/C24H37N3.2BrH.Co/c1-17-13-19(3)23(20(4)14-17)26-11-7-9-25-10-8-12-27-24-21(5)15-18(2)16-22(24)6;;;/h13-16,25-27H,7-12H2,1-6H3;2*1H;/q;;;+2/p-2. The van der Waals surface area contributed by atoms with Gasteiger partial charge in [0, 0.05) is 24.5 Å². The Hall–Kier alpha value is -0.534. The molecule has 0 saturated carbocycles. The molecule has 0 aliphatic carbocycles. The van der Waals surface area contributed by atoms with Crippen molar-refractivity contribution < 1.29 is 50.7 Å². The van der Waals surface area contributed by atoms with Gasteiger partial charge in [0.05, 0.1) is 0 Å². The second-order valence-corrected chi connectivity index (χ2v) is 7.86. The fraction of sp³-hybridized carbons (Fsp3) is 0.500. The maximum Gasteiger partial charge on any atom is 2.00 e. The van der Waals surface area contributed by atoms with E-state index in [0.29, 0.717) is 0 Å². The molecule has 171 valence electrons. The van der Waals surface area contributed by atoms with Crippen LogP contribution < -0.4 is 49.9 Å². The zero-order valence-electron chi connectivity index (χ0n) is 19.1. The number of aryl methyl sites for hydroxylation is 6. The van der Waals surface area contributed by atoms with Gasteiger partial charge in [-0.1, -0.05) is 35.4 Å². The van der Waals surface area contributed by atoms with Crippen LogP contribution >= 0.6 is 0 Å². The molecule has 0 atom stereocenters. The summed E-state index contributed by atoms with van der Waals surface area (Å²) in [4.78, 5) is 0. The predicted molar refractivity (Wildman–Crippen MR) is 120 cm³/mol.